The minimum atomic E-state index is -2.35. The molecule has 7 aromatic carbocycles. The van der Waals surface area contributed by atoms with Gasteiger partial charge in [0.25, 0.3) is 0 Å². The summed E-state index contributed by atoms with van der Waals surface area (Å²) in [5.41, 5.74) is 20.2. The maximum atomic E-state index is 14.6. The van der Waals surface area contributed by atoms with Crippen molar-refractivity contribution in [1.29, 1.82) is 0 Å². The number of hydrogen-bond acceptors (Lipinski definition) is 7. The van der Waals surface area contributed by atoms with E-state index in [9.17, 15) is 4.79 Å². The summed E-state index contributed by atoms with van der Waals surface area (Å²) in [4.78, 5) is 14.6. The van der Waals surface area contributed by atoms with E-state index in [1.165, 1.54) is 43.8 Å². The first kappa shape index (κ1) is 66.6. The molecule has 1 aromatic heterocycles. The van der Waals surface area contributed by atoms with Crippen molar-refractivity contribution in [3.63, 3.8) is 0 Å². The van der Waals surface area contributed by atoms with Crippen LogP contribution in [0.5, 0.6) is 17.2 Å². The van der Waals surface area contributed by atoms with Gasteiger partial charge in [0, 0.05) is 33.0 Å². The zero-order valence-corrected chi connectivity index (χ0v) is 62.3. The molecular formula is C77H100O7P2Si2. The quantitative estimate of drug-likeness (QED) is 0.0943. The van der Waals surface area contributed by atoms with Crippen LogP contribution in [0.1, 0.15) is 200 Å². The Morgan fingerprint density at radius 1 is 0.443 bits per heavy atom. The molecule has 468 valence electrons. The molecule has 0 fully saturated rings. The molecule has 0 bridgehead atoms. The fourth-order valence-electron chi connectivity index (χ4n) is 12.7. The topological polar surface area (TPSA) is 80.3 Å². The van der Waals surface area contributed by atoms with Crippen molar-refractivity contribution in [3.8, 4) is 50.6 Å². The van der Waals surface area contributed by atoms with Gasteiger partial charge in [-0.1, -0.05) is 204 Å². The van der Waals surface area contributed by atoms with Crippen molar-refractivity contribution < 1.29 is 31.3 Å². The van der Waals surface area contributed by atoms with E-state index < -0.39 is 49.8 Å². The largest absolute Gasteiger partial charge is 0.532 e. The van der Waals surface area contributed by atoms with Gasteiger partial charge >= 0.3 is 22.8 Å². The Kier molecular flexibility index (Phi) is 17.7. The summed E-state index contributed by atoms with van der Waals surface area (Å²) in [7, 11) is -8.98. The number of benzene rings is 7. The van der Waals surface area contributed by atoms with Gasteiger partial charge in [-0.15, -0.1) is 0 Å². The number of carbonyl (C=O) groups is 1. The summed E-state index contributed by atoms with van der Waals surface area (Å²) in [6.07, 6.45) is 0. The zero-order valence-electron chi connectivity index (χ0n) is 58.5. The number of aryl methyl sites for hydroxylation is 6. The first-order chi connectivity index (χ1) is 40.4. The van der Waals surface area contributed by atoms with Gasteiger partial charge in [-0.3, -0.25) is 0 Å². The molecule has 0 saturated carbocycles. The molecule has 1 unspecified atom stereocenters. The Hall–Kier alpha value is -5.83. The van der Waals surface area contributed by atoms with E-state index in [4.69, 9.17) is 26.5 Å². The van der Waals surface area contributed by atoms with Gasteiger partial charge in [-0.05, 0) is 195 Å². The van der Waals surface area contributed by atoms with Crippen molar-refractivity contribution in [2.24, 2.45) is 0 Å². The molecule has 0 spiro atoms. The van der Waals surface area contributed by atoms with Gasteiger partial charge in [0.05, 0.1) is 16.1 Å². The maximum absolute atomic E-state index is 14.6. The molecule has 0 N–H and O–H groups in total. The molecule has 1 aliphatic rings. The van der Waals surface area contributed by atoms with Crippen molar-refractivity contribution in [3.05, 3.63) is 157 Å². The molecule has 88 heavy (non-hydrogen) atoms. The lowest BCUT2D eigenvalue weighted by Crippen LogP contribution is -2.39. The fraction of sp³-hybridized carbons (Fsp3) is 0.442. The fourth-order valence-corrected chi connectivity index (χ4v) is 17.9. The van der Waals surface area contributed by atoms with Gasteiger partial charge in [-0.25, -0.2) is 4.79 Å². The average molecular weight is 1260 g/mol. The summed E-state index contributed by atoms with van der Waals surface area (Å²) in [5.74, 6) is 1.47. The molecule has 0 aliphatic carbocycles. The van der Waals surface area contributed by atoms with Crippen LogP contribution in [-0.2, 0) is 26.2 Å². The molecule has 2 heterocycles. The molecule has 9 rings (SSSR count). The third-order valence-electron chi connectivity index (χ3n) is 17.5. The van der Waals surface area contributed by atoms with Gasteiger partial charge in [0.2, 0.25) is 0 Å². The van der Waals surface area contributed by atoms with Crippen molar-refractivity contribution >= 4 is 71.3 Å². The molecule has 0 radical (unpaired) electrons. The molecule has 8 aromatic rings. The summed E-state index contributed by atoms with van der Waals surface area (Å²) in [6.45, 7) is 63.5. The second kappa shape index (κ2) is 23.4. The number of rotatable bonds is 11. The van der Waals surface area contributed by atoms with Crippen molar-refractivity contribution in [2.75, 3.05) is 0 Å². The summed E-state index contributed by atoms with van der Waals surface area (Å²) >= 11 is 0. The van der Waals surface area contributed by atoms with Crippen LogP contribution in [0.25, 0.3) is 55.3 Å². The van der Waals surface area contributed by atoms with Crippen LogP contribution in [-0.4, -0.2) is 22.1 Å². The van der Waals surface area contributed by atoms with Crippen LogP contribution in [0.15, 0.2) is 93.3 Å². The Morgan fingerprint density at radius 3 is 1.19 bits per heavy atom. The highest BCUT2D eigenvalue weighted by molar-refractivity contribution is 7.43. The van der Waals surface area contributed by atoms with E-state index in [2.05, 4.69) is 270 Å². The number of fused-ring (bicyclic) bond motifs is 4. The zero-order chi connectivity index (χ0) is 65.2. The normalized spacial score (nSPS) is 14.4. The standard InChI is InChI=1S/C77H100O7P2Si2/c1-43(2)51-33-56(44(3)4)68-61(34-51)73(78)84-86(79-68)81-70-58(36-53(38-63(70)77(20,21)22)67-49(9)31-46(6)32-50(67)10)57-35-52(66-47(7)29-45(5)30-48(66)8)37-62(76(17,18)19)69(57)80-85-82-71-59(39-54(74(11,12)13)41-64(71)87(23,24)25)60-40-55(75(14,15)16)42-65(72(60)83-85)88(26,27)28/h29-44H,1-28H3. The highest BCUT2D eigenvalue weighted by atomic mass is 31.2. The van der Waals surface area contributed by atoms with Crippen LogP contribution in [0.2, 0.25) is 39.3 Å². The van der Waals surface area contributed by atoms with E-state index >= 15 is 0 Å². The smallest absolute Gasteiger partial charge is 0.407 e. The predicted octanol–water partition coefficient (Wildman–Crippen LogP) is 23.4. The Labute approximate surface area is 532 Å². The van der Waals surface area contributed by atoms with Gasteiger partial charge < -0.3 is 26.5 Å². The van der Waals surface area contributed by atoms with E-state index in [0.29, 0.717) is 22.8 Å². The molecule has 0 saturated heterocycles. The summed E-state index contributed by atoms with van der Waals surface area (Å²) in [5, 5.41) is 4.54. The SMILES string of the molecule is Cc1cc(C)c(-c2cc(-c3cc(-c4c(C)cc(C)cc4C)cc(C(C)(C)C)c3Op3oc4c([Si](C)(C)C)cc(C(C)(C)C)cc4c4cc(C(C)(C)C)cc([Si](C)(C)C)c4o3)c(OP3OC(=O)c4cc(C(C)C)cc(C(C)C)c4O3)c(C(C)(C)C)c2)c(C)c1. The van der Waals surface area contributed by atoms with E-state index in [0.717, 1.165) is 88.7 Å². The Balaban J connectivity index is 1.49. The Bertz CT molecular complexity index is 4000. The average Bonchev–Trinajstić information content (AvgIpc) is 1.23. The molecule has 7 nitrogen and oxygen atoms in total. The van der Waals surface area contributed by atoms with Gasteiger partial charge in [0.15, 0.2) is 0 Å². The van der Waals surface area contributed by atoms with Crippen molar-refractivity contribution in [1.82, 2.24) is 0 Å². The molecule has 1 atom stereocenters. The number of hydrogen-bond donors (Lipinski definition) is 0. The Morgan fingerprint density at radius 2 is 0.841 bits per heavy atom. The second-order valence-corrected chi connectivity index (χ2v) is 44.3. The summed E-state index contributed by atoms with van der Waals surface area (Å²) < 4.78 is 44.3. The van der Waals surface area contributed by atoms with Crippen molar-refractivity contribution in [2.45, 2.75) is 225 Å². The molecule has 0 amide bonds. The lowest BCUT2D eigenvalue weighted by atomic mass is 9.78. The van der Waals surface area contributed by atoms with Crippen LogP contribution >= 0.6 is 16.8 Å². The lowest BCUT2D eigenvalue weighted by Gasteiger charge is -2.31. The second-order valence-electron chi connectivity index (χ2n) is 32.2. The third kappa shape index (κ3) is 13.3. The molecule has 1 aliphatic heterocycles. The van der Waals surface area contributed by atoms with Crippen LogP contribution in [0.4, 0.5) is 0 Å². The van der Waals surface area contributed by atoms with E-state index in [1.54, 1.807) is 0 Å². The molecule has 11 heteroatoms. The van der Waals surface area contributed by atoms with Gasteiger partial charge in [0.1, 0.15) is 34.0 Å². The maximum Gasteiger partial charge on any atom is 0.532 e. The predicted molar refractivity (Wildman–Crippen MR) is 382 cm³/mol. The minimum Gasteiger partial charge on any atom is -0.407 e. The number of carbonyl (C=O) groups excluding carboxylic acids is 1. The van der Waals surface area contributed by atoms with E-state index in [1.807, 2.05) is 6.07 Å². The van der Waals surface area contributed by atoms with Crippen LogP contribution < -0.4 is 23.9 Å². The minimum absolute atomic E-state index is 0.0575. The van der Waals surface area contributed by atoms with Crippen LogP contribution in [0, 0.1) is 41.5 Å². The summed E-state index contributed by atoms with van der Waals surface area (Å²) in [6, 6.07) is 31.9. The van der Waals surface area contributed by atoms with Crippen LogP contribution in [0.3, 0.4) is 0 Å². The monoisotopic (exact) mass is 1250 g/mol. The van der Waals surface area contributed by atoms with Gasteiger partial charge in [-0.2, -0.15) is 0 Å². The first-order valence-electron chi connectivity index (χ1n) is 31.7. The highest BCUT2D eigenvalue weighted by Crippen LogP contribution is 2.58. The first-order valence-corrected chi connectivity index (χ1v) is 40.9. The van der Waals surface area contributed by atoms with E-state index in [-0.39, 0.29) is 22.7 Å². The lowest BCUT2D eigenvalue weighted by molar-refractivity contribution is 0.0696. The highest BCUT2D eigenvalue weighted by Gasteiger charge is 2.40. The molecular weight excluding hydrogens is 1150 g/mol. The third-order valence-corrected chi connectivity index (χ3v) is 23.4.